The SMILES string of the molecule is Cc1ccc(-c2ccccc2-c2ccccn2)s1. The van der Waals surface area contributed by atoms with Crippen molar-refractivity contribution in [3.05, 3.63) is 65.7 Å². The lowest BCUT2D eigenvalue weighted by atomic mass is 10.0. The zero-order valence-corrected chi connectivity index (χ0v) is 10.9. The highest BCUT2D eigenvalue weighted by atomic mass is 32.1. The molecule has 0 aliphatic rings. The normalized spacial score (nSPS) is 10.5. The molecule has 1 aromatic carbocycles. The van der Waals surface area contributed by atoms with E-state index in [2.05, 4.69) is 54.4 Å². The summed E-state index contributed by atoms with van der Waals surface area (Å²) in [6, 6.07) is 18.8. The molecule has 0 spiro atoms. The zero-order chi connectivity index (χ0) is 12.4. The number of hydrogen-bond donors (Lipinski definition) is 0. The monoisotopic (exact) mass is 251 g/mol. The smallest absolute Gasteiger partial charge is 0.0708 e. The Morgan fingerprint density at radius 2 is 1.61 bits per heavy atom. The van der Waals surface area contributed by atoms with Gasteiger partial charge in [-0.15, -0.1) is 11.3 Å². The molecule has 2 heteroatoms. The second-order valence-electron chi connectivity index (χ2n) is 4.17. The van der Waals surface area contributed by atoms with Crippen LogP contribution in [0.5, 0.6) is 0 Å². The molecule has 0 aliphatic carbocycles. The standard InChI is InChI=1S/C16H13NS/c1-12-9-10-16(18-12)14-7-3-2-6-13(14)15-8-4-5-11-17-15/h2-11H,1H3. The van der Waals surface area contributed by atoms with Crippen LogP contribution in [0.25, 0.3) is 21.7 Å². The van der Waals surface area contributed by atoms with Crippen LogP contribution in [0.2, 0.25) is 0 Å². The summed E-state index contributed by atoms with van der Waals surface area (Å²) in [7, 11) is 0. The van der Waals surface area contributed by atoms with Crippen LogP contribution in [0.4, 0.5) is 0 Å². The summed E-state index contributed by atoms with van der Waals surface area (Å²) < 4.78 is 0. The molecule has 2 aromatic heterocycles. The highest BCUT2D eigenvalue weighted by molar-refractivity contribution is 7.15. The van der Waals surface area contributed by atoms with Crippen molar-refractivity contribution in [2.75, 3.05) is 0 Å². The van der Waals surface area contributed by atoms with Crippen LogP contribution in [-0.4, -0.2) is 4.98 Å². The second kappa shape index (κ2) is 4.75. The van der Waals surface area contributed by atoms with E-state index in [4.69, 9.17) is 0 Å². The van der Waals surface area contributed by atoms with Crippen molar-refractivity contribution in [3.8, 4) is 21.7 Å². The minimum absolute atomic E-state index is 1.03. The molecular weight excluding hydrogens is 238 g/mol. The molecule has 0 unspecified atom stereocenters. The predicted molar refractivity (Wildman–Crippen MR) is 77.7 cm³/mol. The average molecular weight is 251 g/mol. The first-order chi connectivity index (χ1) is 8.84. The third kappa shape index (κ3) is 2.07. The average Bonchev–Trinajstić information content (AvgIpc) is 2.86. The molecule has 0 fully saturated rings. The summed E-state index contributed by atoms with van der Waals surface area (Å²) in [6.45, 7) is 2.14. The molecule has 2 heterocycles. The summed E-state index contributed by atoms with van der Waals surface area (Å²) >= 11 is 1.82. The molecule has 0 amide bonds. The fourth-order valence-corrected chi connectivity index (χ4v) is 2.93. The Kier molecular flexibility index (Phi) is 2.95. The lowest BCUT2D eigenvalue weighted by molar-refractivity contribution is 1.33. The lowest BCUT2D eigenvalue weighted by Gasteiger charge is -2.06. The van der Waals surface area contributed by atoms with Crippen molar-refractivity contribution in [1.82, 2.24) is 4.98 Å². The maximum absolute atomic E-state index is 4.45. The molecule has 1 nitrogen and oxygen atoms in total. The fraction of sp³-hybridized carbons (Fsp3) is 0.0625. The first-order valence-corrected chi connectivity index (χ1v) is 6.73. The number of pyridine rings is 1. The maximum Gasteiger partial charge on any atom is 0.0708 e. The van der Waals surface area contributed by atoms with Gasteiger partial charge in [0.05, 0.1) is 5.69 Å². The summed E-state index contributed by atoms with van der Waals surface area (Å²) in [6.07, 6.45) is 1.84. The number of aromatic nitrogens is 1. The molecule has 0 aliphatic heterocycles. The van der Waals surface area contributed by atoms with Gasteiger partial charge in [-0.05, 0) is 31.2 Å². The van der Waals surface area contributed by atoms with Crippen molar-refractivity contribution in [3.63, 3.8) is 0 Å². The van der Waals surface area contributed by atoms with Gasteiger partial charge in [-0.2, -0.15) is 0 Å². The van der Waals surface area contributed by atoms with E-state index < -0.39 is 0 Å². The van der Waals surface area contributed by atoms with Gasteiger partial charge in [0, 0.05) is 27.1 Å². The Hall–Kier alpha value is -1.93. The van der Waals surface area contributed by atoms with Crippen LogP contribution in [0.1, 0.15) is 4.88 Å². The van der Waals surface area contributed by atoms with Crippen LogP contribution in [0.15, 0.2) is 60.8 Å². The van der Waals surface area contributed by atoms with Gasteiger partial charge >= 0.3 is 0 Å². The Bertz CT molecular complexity index is 656. The highest BCUT2D eigenvalue weighted by Gasteiger charge is 2.08. The van der Waals surface area contributed by atoms with Crippen LogP contribution in [0.3, 0.4) is 0 Å². The largest absolute Gasteiger partial charge is 0.256 e. The molecule has 0 atom stereocenters. The van der Waals surface area contributed by atoms with Crippen molar-refractivity contribution in [2.24, 2.45) is 0 Å². The van der Waals surface area contributed by atoms with E-state index in [-0.39, 0.29) is 0 Å². The van der Waals surface area contributed by atoms with E-state index >= 15 is 0 Å². The Labute approximate surface area is 111 Å². The van der Waals surface area contributed by atoms with Crippen LogP contribution >= 0.6 is 11.3 Å². The van der Waals surface area contributed by atoms with Crippen molar-refractivity contribution < 1.29 is 0 Å². The van der Waals surface area contributed by atoms with Gasteiger partial charge in [-0.25, -0.2) is 0 Å². The fourth-order valence-electron chi connectivity index (χ4n) is 2.02. The van der Waals surface area contributed by atoms with E-state index in [1.807, 2.05) is 29.7 Å². The van der Waals surface area contributed by atoms with E-state index in [1.165, 1.54) is 20.9 Å². The van der Waals surface area contributed by atoms with E-state index in [1.54, 1.807) is 0 Å². The minimum Gasteiger partial charge on any atom is -0.256 e. The van der Waals surface area contributed by atoms with Gasteiger partial charge in [0.1, 0.15) is 0 Å². The lowest BCUT2D eigenvalue weighted by Crippen LogP contribution is -1.85. The number of benzene rings is 1. The van der Waals surface area contributed by atoms with Crippen molar-refractivity contribution in [2.45, 2.75) is 6.92 Å². The molecule has 0 N–H and O–H groups in total. The molecule has 3 rings (SSSR count). The maximum atomic E-state index is 4.45. The van der Waals surface area contributed by atoms with Crippen LogP contribution < -0.4 is 0 Å². The second-order valence-corrected chi connectivity index (χ2v) is 5.46. The Morgan fingerprint density at radius 3 is 2.28 bits per heavy atom. The first-order valence-electron chi connectivity index (χ1n) is 5.92. The minimum atomic E-state index is 1.03. The molecule has 0 saturated heterocycles. The Balaban J connectivity index is 2.17. The van der Waals surface area contributed by atoms with Gasteiger partial charge in [0.25, 0.3) is 0 Å². The predicted octanol–water partition coefficient (Wildman–Crippen LogP) is 4.79. The summed E-state index contributed by atoms with van der Waals surface area (Å²) in [5, 5.41) is 0. The topological polar surface area (TPSA) is 12.9 Å². The van der Waals surface area contributed by atoms with E-state index in [0.29, 0.717) is 0 Å². The highest BCUT2D eigenvalue weighted by Crippen LogP contribution is 2.34. The number of thiophene rings is 1. The van der Waals surface area contributed by atoms with Gasteiger partial charge in [0.2, 0.25) is 0 Å². The van der Waals surface area contributed by atoms with E-state index in [0.717, 1.165) is 5.69 Å². The number of rotatable bonds is 2. The summed E-state index contributed by atoms with van der Waals surface area (Å²) in [5.41, 5.74) is 3.48. The van der Waals surface area contributed by atoms with Gasteiger partial charge in [-0.1, -0.05) is 30.3 Å². The third-order valence-corrected chi connectivity index (χ3v) is 3.91. The third-order valence-electron chi connectivity index (χ3n) is 2.87. The molecule has 88 valence electrons. The van der Waals surface area contributed by atoms with Crippen LogP contribution in [-0.2, 0) is 0 Å². The molecule has 0 saturated carbocycles. The van der Waals surface area contributed by atoms with Crippen molar-refractivity contribution in [1.29, 1.82) is 0 Å². The first kappa shape index (κ1) is 11.2. The molecular formula is C16H13NS. The quantitative estimate of drug-likeness (QED) is 0.638. The van der Waals surface area contributed by atoms with E-state index in [9.17, 15) is 0 Å². The van der Waals surface area contributed by atoms with Crippen LogP contribution in [0, 0.1) is 6.92 Å². The molecule has 18 heavy (non-hydrogen) atoms. The zero-order valence-electron chi connectivity index (χ0n) is 10.1. The van der Waals surface area contributed by atoms with Crippen molar-refractivity contribution >= 4 is 11.3 Å². The Morgan fingerprint density at radius 1 is 0.833 bits per heavy atom. The van der Waals surface area contributed by atoms with Gasteiger partial charge in [0.15, 0.2) is 0 Å². The summed E-state index contributed by atoms with van der Waals surface area (Å²) in [5.74, 6) is 0. The molecule has 0 radical (unpaired) electrons. The molecule has 0 bridgehead atoms. The van der Waals surface area contributed by atoms with Gasteiger partial charge < -0.3 is 0 Å². The van der Waals surface area contributed by atoms with Gasteiger partial charge in [-0.3, -0.25) is 4.98 Å². The number of nitrogens with zero attached hydrogens (tertiary/aromatic N) is 1. The number of hydrogen-bond acceptors (Lipinski definition) is 2. The summed E-state index contributed by atoms with van der Waals surface area (Å²) in [4.78, 5) is 7.08. The number of aryl methyl sites for hydroxylation is 1. The molecule has 3 aromatic rings.